The first-order valence-corrected chi connectivity index (χ1v) is 11.8. The molecule has 158 valence electrons. The molecule has 1 N–H and O–H groups in total. The molecule has 1 amide bonds. The molecule has 2 heterocycles. The Balaban J connectivity index is 1.57. The van der Waals surface area contributed by atoms with Crippen LogP contribution in [0.4, 0.5) is 5.69 Å². The first-order valence-electron chi connectivity index (χ1n) is 9.94. The van der Waals surface area contributed by atoms with Gasteiger partial charge in [0.05, 0.1) is 17.8 Å². The number of aromatic nitrogens is 2. The van der Waals surface area contributed by atoms with Crippen LogP contribution in [-0.4, -0.2) is 21.2 Å². The predicted molar refractivity (Wildman–Crippen MR) is 129 cm³/mol. The Bertz CT molecular complexity index is 1310. The molecule has 0 saturated heterocycles. The van der Waals surface area contributed by atoms with Crippen LogP contribution >= 0.6 is 23.1 Å². The molecule has 31 heavy (non-hydrogen) atoms. The minimum Gasteiger partial charge on any atom is -0.325 e. The summed E-state index contributed by atoms with van der Waals surface area (Å²) < 4.78 is 2.30. The maximum Gasteiger partial charge on any atom is 0.272 e. The molecular formula is C24H23N3O2S2. The lowest BCUT2D eigenvalue weighted by Crippen LogP contribution is -2.24. The van der Waals surface area contributed by atoms with Gasteiger partial charge in [-0.3, -0.25) is 14.2 Å². The number of fused-ring (bicyclic) bond motifs is 1. The van der Waals surface area contributed by atoms with Crippen LogP contribution in [0.1, 0.15) is 22.3 Å². The molecule has 2 aromatic heterocycles. The van der Waals surface area contributed by atoms with Gasteiger partial charge in [-0.1, -0.05) is 59.3 Å². The van der Waals surface area contributed by atoms with E-state index in [4.69, 9.17) is 0 Å². The van der Waals surface area contributed by atoms with Crippen LogP contribution in [0.5, 0.6) is 0 Å². The Labute approximate surface area is 189 Å². The number of hydrogen-bond acceptors (Lipinski definition) is 5. The second kappa shape index (κ2) is 9.08. The van der Waals surface area contributed by atoms with Crippen molar-refractivity contribution in [2.75, 3.05) is 11.1 Å². The monoisotopic (exact) mass is 449 g/mol. The topological polar surface area (TPSA) is 64.0 Å². The number of anilines is 1. The first kappa shape index (κ1) is 21.3. The van der Waals surface area contributed by atoms with E-state index in [1.54, 1.807) is 4.57 Å². The highest BCUT2D eigenvalue weighted by Gasteiger charge is 2.15. The van der Waals surface area contributed by atoms with E-state index in [0.29, 0.717) is 21.9 Å². The summed E-state index contributed by atoms with van der Waals surface area (Å²) in [6.07, 6.45) is 0. The summed E-state index contributed by atoms with van der Waals surface area (Å²) >= 11 is 2.68. The van der Waals surface area contributed by atoms with Crippen LogP contribution < -0.4 is 10.9 Å². The SMILES string of the molecule is Cc1ccc(Cn2c(SCC(=O)Nc3ccc(C)cc3C)nc3ccsc3c2=O)cc1. The van der Waals surface area contributed by atoms with Crippen molar-refractivity contribution >= 4 is 44.9 Å². The van der Waals surface area contributed by atoms with Gasteiger partial charge in [0.2, 0.25) is 5.91 Å². The largest absolute Gasteiger partial charge is 0.325 e. The second-order valence-electron chi connectivity index (χ2n) is 7.56. The third-order valence-electron chi connectivity index (χ3n) is 4.98. The number of nitrogens with one attached hydrogen (secondary N) is 1. The Kier molecular flexibility index (Phi) is 6.25. The van der Waals surface area contributed by atoms with Crippen LogP contribution in [0.25, 0.3) is 10.2 Å². The van der Waals surface area contributed by atoms with Crippen molar-refractivity contribution in [2.24, 2.45) is 0 Å². The van der Waals surface area contributed by atoms with E-state index < -0.39 is 0 Å². The summed E-state index contributed by atoms with van der Waals surface area (Å²) in [6, 6.07) is 15.9. The number of carbonyl (C=O) groups excluding carboxylic acids is 1. The highest BCUT2D eigenvalue weighted by molar-refractivity contribution is 7.99. The van der Waals surface area contributed by atoms with Crippen molar-refractivity contribution in [3.8, 4) is 0 Å². The van der Waals surface area contributed by atoms with Gasteiger partial charge >= 0.3 is 0 Å². The Hall–Kier alpha value is -2.90. The van der Waals surface area contributed by atoms with E-state index in [2.05, 4.69) is 10.3 Å². The molecule has 7 heteroatoms. The molecule has 0 aliphatic heterocycles. The number of thioether (sulfide) groups is 1. The van der Waals surface area contributed by atoms with Gasteiger partial charge in [0, 0.05) is 5.69 Å². The van der Waals surface area contributed by atoms with Crippen molar-refractivity contribution in [1.82, 2.24) is 9.55 Å². The summed E-state index contributed by atoms with van der Waals surface area (Å²) in [7, 11) is 0. The molecule has 0 radical (unpaired) electrons. The van der Waals surface area contributed by atoms with Crippen LogP contribution in [0.3, 0.4) is 0 Å². The molecule has 0 aliphatic carbocycles. The minimum atomic E-state index is -0.126. The number of nitrogens with zero attached hydrogens (tertiary/aromatic N) is 2. The highest BCUT2D eigenvalue weighted by atomic mass is 32.2. The number of aryl methyl sites for hydroxylation is 3. The maximum absolute atomic E-state index is 13.1. The van der Waals surface area contributed by atoms with Crippen molar-refractivity contribution in [1.29, 1.82) is 0 Å². The number of carbonyl (C=O) groups is 1. The van der Waals surface area contributed by atoms with Gasteiger partial charge in [0.15, 0.2) is 5.16 Å². The third-order valence-corrected chi connectivity index (χ3v) is 6.85. The van der Waals surface area contributed by atoms with Gasteiger partial charge in [-0.25, -0.2) is 4.98 Å². The molecule has 5 nitrogen and oxygen atoms in total. The average molecular weight is 450 g/mol. The lowest BCUT2D eigenvalue weighted by Gasteiger charge is -2.13. The zero-order chi connectivity index (χ0) is 22.0. The van der Waals surface area contributed by atoms with Gasteiger partial charge in [-0.2, -0.15) is 0 Å². The van der Waals surface area contributed by atoms with Gasteiger partial charge in [0.1, 0.15) is 4.70 Å². The lowest BCUT2D eigenvalue weighted by atomic mass is 10.1. The number of rotatable bonds is 6. The molecule has 0 unspecified atom stereocenters. The van der Waals surface area contributed by atoms with Gasteiger partial charge in [-0.05, 0) is 49.4 Å². The van der Waals surface area contributed by atoms with Crippen LogP contribution in [0.2, 0.25) is 0 Å². The summed E-state index contributed by atoms with van der Waals surface area (Å²) in [5.74, 6) is 0.0436. The zero-order valence-electron chi connectivity index (χ0n) is 17.6. The molecule has 0 bridgehead atoms. The standard InChI is InChI=1S/C24H23N3O2S2/c1-15-4-7-18(8-5-15)13-27-23(29)22-20(10-11-30-22)26-24(27)31-14-21(28)25-19-9-6-16(2)12-17(19)3/h4-12H,13-14H2,1-3H3,(H,25,28). The smallest absolute Gasteiger partial charge is 0.272 e. The molecule has 0 aliphatic rings. The van der Waals surface area contributed by atoms with E-state index >= 15 is 0 Å². The average Bonchev–Trinajstić information content (AvgIpc) is 3.21. The molecular weight excluding hydrogens is 426 g/mol. The second-order valence-corrected chi connectivity index (χ2v) is 9.42. The van der Waals surface area contributed by atoms with Gasteiger partial charge < -0.3 is 5.32 Å². The Morgan fingerprint density at radius 3 is 2.55 bits per heavy atom. The van der Waals surface area contributed by atoms with E-state index in [9.17, 15) is 9.59 Å². The number of hydrogen-bond donors (Lipinski definition) is 1. The maximum atomic E-state index is 13.1. The van der Waals surface area contributed by atoms with Crippen LogP contribution in [-0.2, 0) is 11.3 Å². The number of thiophene rings is 1. The van der Waals surface area contributed by atoms with Gasteiger partial charge in [-0.15, -0.1) is 11.3 Å². The summed E-state index contributed by atoms with van der Waals surface area (Å²) in [5.41, 5.74) is 5.76. The van der Waals surface area contributed by atoms with Crippen LogP contribution in [0.15, 0.2) is 63.9 Å². The Morgan fingerprint density at radius 2 is 1.81 bits per heavy atom. The van der Waals surface area contributed by atoms with E-state index in [1.807, 2.05) is 74.7 Å². The van der Waals surface area contributed by atoms with Gasteiger partial charge in [0.25, 0.3) is 5.56 Å². The van der Waals surface area contributed by atoms with Crippen molar-refractivity contribution in [2.45, 2.75) is 32.5 Å². The van der Waals surface area contributed by atoms with Crippen LogP contribution in [0, 0.1) is 20.8 Å². The van der Waals surface area contributed by atoms with E-state index in [-0.39, 0.29) is 17.2 Å². The molecule has 0 spiro atoms. The molecule has 4 aromatic rings. The summed E-state index contributed by atoms with van der Waals surface area (Å²) in [4.78, 5) is 30.4. The van der Waals surface area contributed by atoms with Crippen molar-refractivity contribution in [3.05, 3.63) is 86.5 Å². The molecule has 0 fully saturated rings. The normalized spacial score (nSPS) is 11.1. The number of amides is 1. The summed E-state index contributed by atoms with van der Waals surface area (Å²) in [6.45, 7) is 6.45. The van der Waals surface area contributed by atoms with E-state index in [1.165, 1.54) is 28.7 Å². The van der Waals surface area contributed by atoms with Crippen molar-refractivity contribution in [3.63, 3.8) is 0 Å². The molecule has 2 aromatic carbocycles. The summed E-state index contributed by atoms with van der Waals surface area (Å²) in [5, 5.41) is 5.38. The fourth-order valence-corrected chi connectivity index (χ4v) is 4.90. The lowest BCUT2D eigenvalue weighted by molar-refractivity contribution is -0.113. The molecule has 0 saturated carbocycles. The highest BCUT2D eigenvalue weighted by Crippen LogP contribution is 2.23. The number of benzene rings is 2. The Morgan fingerprint density at radius 1 is 1.06 bits per heavy atom. The fourth-order valence-electron chi connectivity index (χ4n) is 3.32. The minimum absolute atomic E-state index is 0.0714. The zero-order valence-corrected chi connectivity index (χ0v) is 19.3. The fraction of sp³-hybridized carbons (Fsp3) is 0.208. The third kappa shape index (κ3) is 4.89. The first-order chi connectivity index (χ1) is 14.9. The van der Waals surface area contributed by atoms with Crippen molar-refractivity contribution < 1.29 is 4.79 Å². The molecule has 4 rings (SSSR count). The predicted octanol–water partition coefficient (Wildman–Crippen LogP) is 5.16. The molecule has 0 atom stereocenters. The quantitative estimate of drug-likeness (QED) is 0.326. The van der Waals surface area contributed by atoms with E-state index in [0.717, 1.165) is 22.4 Å².